The molecule has 0 aromatic carbocycles. The molecule has 6 nitrogen and oxygen atoms in total. The van der Waals surface area contributed by atoms with Crippen molar-refractivity contribution in [2.45, 2.75) is 252 Å². The van der Waals surface area contributed by atoms with Crippen LogP contribution in [-0.2, 0) is 28.6 Å². The molecule has 0 saturated carbocycles. The topological polar surface area (TPSA) is 78.9 Å². The molecule has 1 unspecified atom stereocenters. The van der Waals surface area contributed by atoms with Crippen LogP contribution >= 0.6 is 0 Å². The van der Waals surface area contributed by atoms with Crippen molar-refractivity contribution in [2.24, 2.45) is 0 Å². The first-order valence-corrected chi connectivity index (χ1v) is 25.9. The third-order valence-electron chi connectivity index (χ3n) is 11.0. The lowest BCUT2D eigenvalue weighted by Gasteiger charge is -2.18. The Morgan fingerprint density at radius 3 is 0.984 bits per heavy atom. The minimum atomic E-state index is -0.775. The van der Waals surface area contributed by atoms with Gasteiger partial charge in [0.2, 0.25) is 0 Å². The Kier molecular flexibility index (Phi) is 47.9. The van der Waals surface area contributed by atoms with Gasteiger partial charge in [0.1, 0.15) is 13.2 Å². The number of allylic oxidation sites excluding steroid dienone is 12. The smallest absolute Gasteiger partial charge is 0.306 e. The van der Waals surface area contributed by atoms with Crippen LogP contribution in [0.1, 0.15) is 245 Å². The first-order chi connectivity index (χ1) is 30.5. The minimum Gasteiger partial charge on any atom is -0.462 e. The molecule has 0 amide bonds. The number of carbonyl (C=O) groups is 3. The van der Waals surface area contributed by atoms with Gasteiger partial charge in [-0.1, -0.05) is 229 Å². The SMILES string of the molecule is CC/C=C\C/C=C\C/C=C\C/C=C\C/C=C\C/C=C\CCCCCCCCC(=O)OCC(COC(=O)CCCCCCCCCCC)OC(=O)CCCCCCCCCCCC. The molecule has 0 aromatic rings. The van der Waals surface area contributed by atoms with Gasteiger partial charge < -0.3 is 14.2 Å². The highest BCUT2D eigenvalue weighted by molar-refractivity contribution is 5.71. The molecule has 0 aliphatic rings. The molecule has 1 atom stereocenters. The van der Waals surface area contributed by atoms with Gasteiger partial charge in [0.25, 0.3) is 0 Å². The van der Waals surface area contributed by atoms with Crippen LogP contribution in [0.25, 0.3) is 0 Å². The molecule has 0 aliphatic carbocycles. The first kappa shape index (κ1) is 58.9. The largest absolute Gasteiger partial charge is 0.462 e. The highest BCUT2D eigenvalue weighted by atomic mass is 16.6. The second-order valence-electron chi connectivity index (χ2n) is 17.1. The molecular weight excluding hydrogens is 769 g/mol. The number of carbonyl (C=O) groups excluding carboxylic acids is 3. The van der Waals surface area contributed by atoms with Crippen LogP contribution in [0.15, 0.2) is 72.9 Å². The summed E-state index contributed by atoms with van der Waals surface area (Å²) in [6, 6.07) is 0. The molecule has 356 valence electrons. The molecule has 0 aliphatic heterocycles. The van der Waals surface area contributed by atoms with Crippen LogP contribution < -0.4 is 0 Å². The summed E-state index contributed by atoms with van der Waals surface area (Å²) in [5.74, 6) is -0.895. The zero-order valence-corrected chi connectivity index (χ0v) is 40.6. The van der Waals surface area contributed by atoms with Gasteiger partial charge in [0.15, 0.2) is 6.10 Å². The van der Waals surface area contributed by atoms with Gasteiger partial charge in [-0.25, -0.2) is 0 Å². The summed E-state index contributed by atoms with van der Waals surface area (Å²) in [5, 5.41) is 0. The lowest BCUT2D eigenvalue weighted by atomic mass is 10.1. The van der Waals surface area contributed by atoms with Crippen LogP contribution in [0, 0.1) is 0 Å². The predicted molar refractivity (Wildman–Crippen MR) is 265 cm³/mol. The Morgan fingerprint density at radius 1 is 0.339 bits per heavy atom. The van der Waals surface area contributed by atoms with Gasteiger partial charge in [-0.15, -0.1) is 0 Å². The first-order valence-electron chi connectivity index (χ1n) is 25.9. The monoisotopic (exact) mass is 865 g/mol. The highest BCUT2D eigenvalue weighted by Crippen LogP contribution is 2.14. The molecule has 0 fully saturated rings. The highest BCUT2D eigenvalue weighted by Gasteiger charge is 2.19. The molecule has 0 N–H and O–H groups in total. The van der Waals surface area contributed by atoms with E-state index in [1.807, 2.05) is 0 Å². The number of unbranched alkanes of at least 4 members (excludes halogenated alkanes) is 23. The van der Waals surface area contributed by atoms with Crippen molar-refractivity contribution in [3.63, 3.8) is 0 Å². The predicted octanol–water partition coefficient (Wildman–Crippen LogP) is 17.0. The maximum atomic E-state index is 12.7. The van der Waals surface area contributed by atoms with Crippen LogP contribution in [0.4, 0.5) is 0 Å². The van der Waals surface area contributed by atoms with E-state index in [0.29, 0.717) is 19.3 Å². The molecule has 0 heterocycles. The minimum absolute atomic E-state index is 0.0775. The Balaban J connectivity index is 4.23. The standard InChI is InChI=1S/C56H96O6/c1-4-7-10-13-16-19-21-22-23-24-25-26-27-28-29-30-31-32-33-34-35-38-40-43-46-49-55(58)61-52-53(51-60-54(57)48-45-42-39-36-18-15-12-9-6-3)62-56(59)50-47-44-41-37-20-17-14-11-8-5-2/h7,10,16,19,22-23,25-26,28-29,31-32,53H,4-6,8-9,11-15,17-18,20-21,24,27,30,33-52H2,1-3H3/b10-7-,19-16-,23-22-,26-25-,29-28-,32-31-. The van der Waals surface area contributed by atoms with E-state index in [1.54, 1.807) is 0 Å². The molecule has 0 rings (SSSR count). The van der Waals surface area contributed by atoms with E-state index < -0.39 is 6.10 Å². The van der Waals surface area contributed by atoms with Crippen molar-refractivity contribution in [2.75, 3.05) is 13.2 Å². The fourth-order valence-corrected chi connectivity index (χ4v) is 7.09. The van der Waals surface area contributed by atoms with Crippen LogP contribution in [0.5, 0.6) is 0 Å². The second-order valence-corrected chi connectivity index (χ2v) is 17.1. The summed E-state index contributed by atoms with van der Waals surface area (Å²) < 4.78 is 16.7. The maximum Gasteiger partial charge on any atom is 0.306 e. The lowest BCUT2D eigenvalue weighted by Crippen LogP contribution is -2.30. The average Bonchev–Trinajstić information content (AvgIpc) is 3.27. The molecule has 0 bridgehead atoms. The van der Waals surface area contributed by atoms with Crippen molar-refractivity contribution in [3.8, 4) is 0 Å². The summed E-state index contributed by atoms with van der Waals surface area (Å²) >= 11 is 0. The zero-order chi connectivity index (χ0) is 45.1. The molecular formula is C56H96O6. The van der Waals surface area contributed by atoms with E-state index in [4.69, 9.17) is 14.2 Å². The summed E-state index contributed by atoms with van der Waals surface area (Å²) in [6.45, 7) is 6.48. The van der Waals surface area contributed by atoms with Crippen molar-refractivity contribution < 1.29 is 28.6 Å². The Bertz CT molecular complexity index is 1180. The summed E-state index contributed by atoms with van der Waals surface area (Å²) in [7, 11) is 0. The van der Waals surface area contributed by atoms with E-state index in [-0.39, 0.29) is 31.1 Å². The Labute approximate surface area is 382 Å². The zero-order valence-electron chi connectivity index (χ0n) is 40.6. The molecule has 0 spiro atoms. The normalized spacial score (nSPS) is 12.6. The maximum absolute atomic E-state index is 12.7. The van der Waals surface area contributed by atoms with Gasteiger partial charge in [-0.05, 0) is 70.6 Å². The van der Waals surface area contributed by atoms with Gasteiger partial charge in [-0.2, -0.15) is 0 Å². The number of hydrogen-bond donors (Lipinski definition) is 0. The van der Waals surface area contributed by atoms with E-state index in [0.717, 1.165) is 103 Å². The van der Waals surface area contributed by atoms with Gasteiger partial charge in [0, 0.05) is 19.3 Å². The van der Waals surface area contributed by atoms with Crippen LogP contribution in [0.3, 0.4) is 0 Å². The van der Waals surface area contributed by atoms with Crippen molar-refractivity contribution >= 4 is 17.9 Å². The summed E-state index contributed by atoms with van der Waals surface area (Å²) in [4.78, 5) is 37.8. The fraction of sp³-hybridized carbons (Fsp3) is 0.732. The summed E-state index contributed by atoms with van der Waals surface area (Å²) in [5.41, 5.74) is 0. The quantitative estimate of drug-likeness (QED) is 0.0262. The Morgan fingerprint density at radius 2 is 0.629 bits per heavy atom. The van der Waals surface area contributed by atoms with Crippen LogP contribution in [0.2, 0.25) is 0 Å². The second kappa shape index (κ2) is 50.5. The van der Waals surface area contributed by atoms with E-state index in [1.165, 1.54) is 103 Å². The Hall–Kier alpha value is -3.15. The lowest BCUT2D eigenvalue weighted by molar-refractivity contribution is -0.167. The number of ether oxygens (including phenoxy) is 3. The van der Waals surface area contributed by atoms with Crippen LogP contribution in [-0.4, -0.2) is 37.2 Å². The molecule has 6 heteroatoms. The van der Waals surface area contributed by atoms with Gasteiger partial charge in [-0.3, -0.25) is 14.4 Å². The summed E-state index contributed by atoms with van der Waals surface area (Å²) in [6.07, 6.45) is 63.2. The van der Waals surface area contributed by atoms with E-state index in [9.17, 15) is 14.4 Å². The van der Waals surface area contributed by atoms with Crippen molar-refractivity contribution in [1.82, 2.24) is 0 Å². The number of rotatable bonds is 46. The number of hydrogen-bond acceptors (Lipinski definition) is 6. The number of esters is 3. The van der Waals surface area contributed by atoms with E-state index >= 15 is 0 Å². The van der Waals surface area contributed by atoms with Crippen molar-refractivity contribution in [1.29, 1.82) is 0 Å². The molecule has 0 saturated heterocycles. The average molecular weight is 865 g/mol. The molecule has 0 aromatic heterocycles. The van der Waals surface area contributed by atoms with Crippen molar-refractivity contribution in [3.05, 3.63) is 72.9 Å². The molecule has 0 radical (unpaired) electrons. The van der Waals surface area contributed by atoms with Gasteiger partial charge in [0.05, 0.1) is 0 Å². The van der Waals surface area contributed by atoms with Gasteiger partial charge >= 0.3 is 17.9 Å². The fourth-order valence-electron chi connectivity index (χ4n) is 7.09. The van der Waals surface area contributed by atoms with E-state index in [2.05, 4.69) is 93.7 Å². The third-order valence-corrected chi connectivity index (χ3v) is 11.0. The third kappa shape index (κ3) is 47.9. The molecule has 62 heavy (non-hydrogen) atoms.